The van der Waals surface area contributed by atoms with Gasteiger partial charge >= 0.3 is 12.1 Å². The molecule has 2 N–H and O–H groups in total. The maximum Gasteiger partial charge on any atom is 0.409 e. The molecule has 8 rings (SSSR count). The van der Waals surface area contributed by atoms with Gasteiger partial charge in [0.25, 0.3) is 0 Å². The van der Waals surface area contributed by atoms with Crippen LogP contribution in [0.5, 0.6) is 11.8 Å². The third-order valence-electron chi connectivity index (χ3n) is 11.1. The number of aryl methyl sites for hydroxylation is 1. The number of nitrogens with one attached hydrogen (secondary N) is 1. The second kappa shape index (κ2) is 12.5. The van der Waals surface area contributed by atoms with Crippen LogP contribution in [0.1, 0.15) is 51.0 Å². The van der Waals surface area contributed by atoms with E-state index >= 15 is 4.39 Å². The van der Waals surface area contributed by atoms with Crippen LogP contribution in [0.4, 0.5) is 15.0 Å². The van der Waals surface area contributed by atoms with Crippen molar-refractivity contribution in [3.05, 3.63) is 47.9 Å². The van der Waals surface area contributed by atoms with E-state index in [0.717, 1.165) is 80.9 Å². The lowest BCUT2D eigenvalue weighted by molar-refractivity contribution is 0.0484. The van der Waals surface area contributed by atoms with Crippen molar-refractivity contribution in [2.75, 3.05) is 51.8 Å². The van der Waals surface area contributed by atoms with Gasteiger partial charge in [0.15, 0.2) is 5.82 Å². The summed E-state index contributed by atoms with van der Waals surface area (Å²) in [4.78, 5) is 32.6. The summed E-state index contributed by atoms with van der Waals surface area (Å²) in [6, 6.07) is 10.1. The Morgan fingerprint density at radius 1 is 1.14 bits per heavy atom. The molecule has 6 heterocycles. The largest absolute Gasteiger partial charge is 0.508 e. The van der Waals surface area contributed by atoms with Crippen molar-refractivity contribution < 1.29 is 23.8 Å². The number of pyridine rings is 1. The zero-order chi connectivity index (χ0) is 33.9. The highest BCUT2D eigenvalue weighted by Gasteiger charge is 2.50. The van der Waals surface area contributed by atoms with Crippen LogP contribution in [0.3, 0.4) is 0 Å². The molecule has 0 aliphatic carbocycles. The number of halogens is 1. The minimum absolute atomic E-state index is 0.0486. The Balaban J connectivity index is 1.17. The minimum Gasteiger partial charge on any atom is -0.508 e. The van der Waals surface area contributed by atoms with Crippen LogP contribution < -0.4 is 15.0 Å². The highest BCUT2D eigenvalue weighted by Crippen LogP contribution is 2.43. The lowest BCUT2D eigenvalue weighted by atomic mass is 9.95. The van der Waals surface area contributed by atoms with Crippen molar-refractivity contribution >= 4 is 33.6 Å². The molecule has 4 fully saturated rings. The Morgan fingerprint density at radius 3 is 2.73 bits per heavy atom. The quantitative estimate of drug-likeness (QED) is 0.257. The number of nitrogens with zero attached hydrogens (tertiary/aromatic N) is 6. The molecule has 2 aromatic heterocycles. The predicted octanol–water partition coefficient (Wildman–Crippen LogP) is 5.27. The van der Waals surface area contributed by atoms with E-state index in [1.807, 2.05) is 18.2 Å². The second-order valence-corrected chi connectivity index (χ2v) is 14.4. The molecular formula is C37H44FN7O4. The molecule has 4 saturated heterocycles. The molecule has 49 heavy (non-hydrogen) atoms. The summed E-state index contributed by atoms with van der Waals surface area (Å²) in [6.07, 6.45) is 8.06. The number of fused-ring (bicyclic) bond motifs is 5. The zero-order valence-corrected chi connectivity index (χ0v) is 28.4. The number of aromatic hydroxyl groups is 1. The van der Waals surface area contributed by atoms with Crippen molar-refractivity contribution in [2.24, 2.45) is 0 Å². The fourth-order valence-corrected chi connectivity index (χ4v) is 8.74. The van der Waals surface area contributed by atoms with Gasteiger partial charge < -0.3 is 29.7 Å². The van der Waals surface area contributed by atoms with Gasteiger partial charge in [0, 0.05) is 57.1 Å². The van der Waals surface area contributed by atoms with Gasteiger partial charge in [-0.1, -0.05) is 25.1 Å². The first-order valence-corrected chi connectivity index (χ1v) is 17.6. The van der Waals surface area contributed by atoms with Crippen molar-refractivity contribution in [1.82, 2.24) is 30.1 Å². The Kier molecular flexibility index (Phi) is 8.18. The topological polar surface area (TPSA) is 116 Å². The van der Waals surface area contributed by atoms with Gasteiger partial charge in [-0.05, 0) is 80.0 Å². The van der Waals surface area contributed by atoms with Crippen LogP contribution in [0.15, 0.2) is 36.5 Å². The van der Waals surface area contributed by atoms with E-state index in [9.17, 15) is 9.90 Å². The summed E-state index contributed by atoms with van der Waals surface area (Å²) in [6.45, 7) is 5.18. The van der Waals surface area contributed by atoms with E-state index in [2.05, 4.69) is 27.0 Å². The molecule has 4 aromatic rings. The van der Waals surface area contributed by atoms with Crippen molar-refractivity contribution in [3.8, 4) is 23.0 Å². The number of aromatic nitrogens is 3. The molecular weight excluding hydrogens is 625 g/mol. The number of anilines is 1. The van der Waals surface area contributed by atoms with E-state index in [0.29, 0.717) is 42.1 Å². The Hall–Kier alpha value is -4.29. The molecule has 258 valence electrons. The molecule has 0 radical (unpaired) electrons. The Bertz CT molecular complexity index is 1910. The monoisotopic (exact) mass is 669 g/mol. The number of hydrogen-bond acceptors (Lipinski definition) is 10. The lowest BCUT2D eigenvalue weighted by Gasteiger charge is -2.35. The minimum atomic E-state index is -0.564. The Labute approximate surface area is 285 Å². The first-order chi connectivity index (χ1) is 23.7. The summed E-state index contributed by atoms with van der Waals surface area (Å²) in [7, 11) is 3.37. The fraction of sp³-hybridized carbons (Fsp3) is 0.514. The zero-order valence-electron chi connectivity index (χ0n) is 28.4. The number of carbonyl (C=O) groups excluding carboxylic acids is 1. The SMILES string of the molecule is CCc1cccc2cc(O)cc(-c3ncc4c(N5CC6CCC(C5)N6)nc(OC[C@]56CCCN5[C@@H](COC(=O)N(C)C)CC6)nc4c3F)c12. The first kappa shape index (κ1) is 31.9. The molecule has 2 aromatic carbocycles. The van der Waals surface area contributed by atoms with E-state index in [1.54, 1.807) is 32.4 Å². The fourth-order valence-electron chi connectivity index (χ4n) is 8.74. The summed E-state index contributed by atoms with van der Waals surface area (Å²) in [5.41, 5.74) is 1.64. The van der Waals surface area contributed by atoms with Crippen molar-refractivity contribution in [1.29, 1.82) is 0 Å². The molecule has 2 bridgehead atoms. The van der Waals surface area contributed by atoms with Crippen molar-refractivity contribution in [3.63, 3.8) is 0 Å². The normalized spacial score (nSPS) is 24.9. The molecule has 12 heteroatoms. The highest BCUT2D eigenvalue weighted by molar-refractivity contribution is 6.01. The molecule has 4 atom stereocenters. The molecule has 1 amide bonds. The summed E-state index contributed by atoms with van der Waals surface area (Å²) >= 11 is 0. The smallest absolute Gasteiger partial charge is 0.409 e. The van der Waals surface area contributed by atoms with Crippen LogP contribution in [-0.2, 0) is 11.2 Å². The van der Waals surface area contributed by atoms with E-state index in [1.165, 1.54) is 4.90 Å². The van der Waals surface area contributed by atoms with Gasteiger partial charge in [-0.2, -0.15) is 9.97 Å². The molecule has 0 spiro atoms. The summed E-state index contributed by atoms with van der Waals surface area (Å²) < 4.78 is 29.0. The summed E-state index contributed by atoms with van der Waals surface area (Å²) in [5, 5.41) is 16.6. The van der Waals surface area contributed by atoms with E-state index in [-0.39, 0.29) is 40.6 Å². The first-order valence-electron chi connectivity index (χ1n) is 17.6. The van der Waals surface area contributed by atoms with Gasteiger partial charge in [0.05, 0.1) is 10.9 Å². The number of ether oxygens (including phenoxy) is 2. The summed E-state index contributed by atoms with van der Waals surface area (Å²) in [5.74, 6) is 0.116. The average molecular weight is 670 g/mol. The maximum atomic E-state index is 17.0. The number of benzene rings is 2. The van der Waals surface area contributed by atoms with Gasteiger partial charge in [0.2, 0.25) is 0 Å². The van der Waals surface area contributed by atoms with Crippen LogP contribution in [0.25, 0.3) is 32.9 Å². The molecule has 4 aliphatic heterocycles. The van der Waals surface area contributed by atoms with E-state index in [4.69, 9.17) is 19.4 Å². The standard InChI is InChI=1S/C37H44FN7O4/c1-4-22-7-5-8-23-15-27(46)16-28(30(22)23)32-31(38)33-29(17-39-32)34(44-18-24-9-10-25(19-44)40-24)42-35(41-33)49-21-37-12-6-14-45(37)26(11-13-37)20-48-36(47)43(2)3/h5,7-8,15-17,24-26,40,46H,4,6,9-14,18-21H2,1-3H3/t24?,25?,26-,37-/m1/s1. The van der Waals surface area contributed by atoms with Gasteiger partial charge in [-0.3, -0.25) is 9.88 Å². The number of phenols is 1. The molecule has 0 saturated carbocycles. The average Bonchev–Trinajstić information content (AvgIpc) is 3.78. The number of piperazine rings is 1. The molecule has 4 aliphatic rings. The van der Waals surface area contributed by atoms with Crippen LogP contribution >= 0.6 is 0 Å². The maximum absolute atomic E-state index is 17.0. The van der Waals surface area contributed by atoms with Crippen molar-refractivity contribution in [2.45, 2.75) is 75.5 Å². The van der Waals surface area contributed by atoms with Gasteiger partial charge in [0.1, 0.15) is 36.0 Å². The van der Waals surface area contributed by atoms with Crippen LogP contribution in [-0.4, -0.2) is 107 Å². The van der Waals surface area contributed by atoms with Gasteiger partial charge in [-0.15, -0.1) is 0 Å². The number of phenolic OH excluding ortho intramolecular Hbond substituents is 1. The van der Waals surface area contributed by atoms with Crippen LogP contribution in [0, 0.1) is 5.82 Å². The molecule has 2 unspecified atom stereocenters. The second-order valence-electron chi connectivity index (χ2n) is 14.4. The van der Waals surface area contributed by atoms with Gasteiger partial charge in [-0.25, -0.2) is 9.18 Å². The number of rotatable bonds is 8. The van der Waals surface area contributed by atoms with Crippen LogP contribution in [0.2, 0.25) is 0 Å². The Morgan fingerprint density at radius 2 is 1.96 bits per heavy atom. The molecule has 11 nitrogen and oxygen atoms in total. The number of carbonyl (C=O) groups is 1. The third kappa shape index (κ3) is 5.68. The van der Waals surface area contributed by atoms with E-state index < -0.39 is 5.82 Å². The lowest BCUT2D eigenvalue weighted by Crippen LogP contribution is -2.51. The predicted molar refractivity (Wildman–Crippen MR) is 186 cm³/mol. The number of hydrogen-bond donors (Lipinski definition) is 2. The number of amides is 1. The third-order valence-corrected chi connectivity index (χ3v) is 11.1. The highest BCUT2D eigenvalue weighted by atomic mass is 19.1.